The van der Waals surface area contributed by atoms with Crippen molar-refractivity contribution in [3.63, 3.8) is 0 Å². The number of rotatable bonds is 2. The van der Waals surface area contributed by atoms with E-state index in [1.54, 1.807) is 18.9 Å². The van der Waals surface area contributed by atoms with Crippen LogP contribution in [0.15, 0.2) is 54.6 Å². The lowest BCUT2D eigenvalue weighted by molar-refractivity contribution is -0.117. The standard InChI is InChI=1S/C20H23N3O2/c1-14-13-19(23(15(2)24)16-9-5-4-6-10-16)17-11-7-8-12-18(17)22(14)20(25)21-3/h4-12,14,19H,13H2,1-3H3,(H,21,25). The maximum atomic E-state index is 12.5. The minimum absolute atomic E-state index is 0.00778. The van der Waals surface area contributed by atoms with E-state index in [1.165, 1.54) is 0 Å². The molecule has 5 nitrogen and oxygen atoms in total. The van der Waals surface area contributed by atoms with Crippen molar-refractivity contribution in [2.45, 2.75) is 32.4 Å². The molecule has 0 radical (unpaired) electrons. The first-order valence-corrected chi connectivity index (χ1v) is 8.49. The molecule has 0 saturated heterocycles. The highest BCUT2D eigenvalue weighted by atomic mass is 16.2. The van der Waals surface area contributed by atoms with Crippen molar-refractivity contribution >= 4 is 23.3 Å². The summed E-state index contributed by atoms with van der Waals surface area (Å²) in [5.74, 6) is -0.00778. The smallest absolute Gasteiger partial charge is 0.321 e. The van der Waals surface area contributed by atoms with Crippen LogP contribution in [0.25, 0.3) is 0 Å². The molecular formula is C20H23N3O2. The number of anilines is 2. The molecule has 1 aliphatic rings. The zero-order valence-corrected chi connectivity index (χ0v) is 14.8. The third kappa shape index (κ3) is 3.09. The first-order valence-electron chi connectivity index (χ1n) is 8.49. The van der Waals surface area contributed by atoms with Crippen LogP contribution in [0.4, 0.5) is 16.2 Å². The minimum atomic E-state index is -0.132. The molecule has 25 heavy (non-hydrogen) atoms. The van der Waals surface area contributed by atoms with E-state index < -0.39 is 0 Å². The molecule has 0 bridgehead atoms. The molecule has 3 amide bonds. The van der Waals surface area contributed by atoms with E-state index in [0.717, 1.165) is 16.9 Å². The number of benzene rings is 2. The van der Waals surface area contributed by atoms with Crippen LogP contribution in [0.5, 0.6) is 0 Å². The first kappa shape index (κ1) is 17.0. The Morgan fingerprint density at radius 2 is 1.72 bits per heavy atom. The Morgan fingerprint density at radius 3 is 2.36 bits per heavy atom. The maximum Gasteiger partial charge on any atom is 0.321 e. The summed E-state index contributed by atoms with van der Waals surface area (Å²) in [4.78, 5) is 28.4. The van der Waals surface area contributed by atoms with Crippen LogP contribution in [-0.4, -0.2) is 25.0 Å². The zero-order chi connectivity index (χ0) is 18.0. The molecule has 130 valence electrons. The van der Waals surface area contributed by atoms with Crippen LogP contribution in [0.3, 0.4) is 0 Å². The van der Waals surface area contributed by atoms with Crippen molar-refractivity contribution in [3.8, 4) is 0 Å². The second-order valence-electron chi connectivity index (χ2n) is 6.31. The number of para-hydroxylation sites is 2. The molecule has 0 fully saturated rings. The molecule has 1 N–H and O–H groups in total. The molecule has 2 atom stereocenters. The fourth-order valence-corrected chi connectivity index (χ4v) is 3.63. The second-order valence-corrected chi connectivity index (χ2v) is 6.31. The van der Waals surface area contributed by atoms with Gasteiger partial charge in [0.25, 0.3) is 0 Å². The lowest BCUT2D eigenvalue weighted by Crippen LogP contribution is -2.50. The van der Waals surface area contributed by atoms with Crippen molar-refractivity contribution in [3.05, 3.63) is 60.2 Å². The van der Waals surface area contributed by atoms with Gasteiger partial charge >= 0.3 is 6.03 Å². The number of nitrogens with one attached hydrogen (secondary N) is 1. The van der Waals surface area contributed by atoms with E-state index in [0.29, 0.717) is 6.42 Å². The van der Waals surface area contributed by atoms with Crippen LogP contribution in [0.1, 0.15) is 31.9 Å². The number of hydrogen-bond donors (Lipinski definition) is 1. The number of fused-ring (bicyclic) bond motifs is 1. The van der Waals surface area contributed by atoms with Gasteiger partial charge in [-0.05, 0) is 37.1 Å². The van der Waals surface area contributed by atoms with Crippen molar-refractivity contribution in [1.29, 1.82) is 0 Å². The van der Waals surface area contributed by atoms with Crippen molar-refractivity contribution in [2.24, 2.45) is 0 Å². The number of hydrogen-bond acceptors (Lipinski definition) is 2. The van der Waals surface area contributed by atoms with Crippen molar-refractivity contribution in [1.82, 2.24) is 5.32 Å². The van der Waals surface area contributed by atoms with Gasteiger partial charge in [0, 0.05) is 25.7 Å². The number of urea groups is 1. The van der Waals surface area contributed by atoms with Crippen molar-refractivity contribution < 1.29 is 9.59 Å². The Bertz CT molecular complexity index is 776. The minimum Gasteiger partial charge on any atom is -0.341 e. The lowest BCUT2D eigenvalue weighted by Gasteiger charge is -2.43. The monoisotopic (exact) mass is 337 g/mol. The Balaban J connectivity index is 2.10. The first-order chi connectivity index (χ1) is 12.0. The number of amides is 3. The molecule has 1 heterocycles. The van der Waals surface area contributed by atoms with Gasteiger partial charge < -0.3 is 10.2 Å². The summed E-state index contributed by atoms with van der Waals surface area (Å²) in [7, 11) is 1.63. The van der Waals surface area contributed by atoms with Gasteiger partial charge in [-0.3, -0.25) is 9.69 Å². The highest BCUT2D eigenvalue weighted by Gasteiger charge is 2.37. The van der Waals surface area contributed by atoms with Gasteiger partial charge in [-0.1, -0.05) is 36.4 Å². The molecule has 0 aromatic heterocycles. The third-order valence-electron chi connectivity index (χ3n) is 4.68. The average Bonchev–Trinajstić information content (AvgIpc) is 2.62. The summed E-state index contributed by atoms with van der Waals surface area (Å²) in [5.41, 5.74) is 2.71. The van der Waals surface area contributed by atoms with Gasteiger partial charge in [0.2, 0.25) is 5.91 Å². The van der Waals surface area contributed by atoms with E-state index in [2.05, 4.69) is 5.32 Å². The normalized spacial score (nSPS) is 19.1. The van der Waals surface area contributed by atoms with Gasteiger partial charge in [-0.15, -0.1) is 0 Å². The highest BCUT2D eigenvalue weighted by molar-refractivity contribution is 5.96. The predicted octanol–water partition coefficient (Wildman–Crippen LogP) is 3.72. The summed E-state index contributed by atoms with van der Waals surface area (Å²) in [6.07, 6.45) is 0.679. The van der Waals surface area contributed by atoms with Gasteiger partial charge in [0.15, 0.2) is 0 Å². The summed E-state index contributed by atoms with van der Waals surface area (Å²) >= 11 is 0. The molecule has 3 rings (SSSR count). The molecule has 0 aliphatic carbocycles. The van der Waals surface area contributed by atoms with E-state index in [9.17, 15) is 9.59 Å². The Labute approximate surface area is 148 Å². The van der Waals surface area contributed by atoms with Gasteiger partial charge in [0.05, 0.1) is 11.7 Å². The summed E-state index contributed by atoms with van der Waals surface area (Å²) in [6, 6.07) is 17.2. The second kappa shape index (κ2) is 6.97. The van der Waals surface area contributed by atoms with E-state index in [-0.39, 0.29) is 24.0 Å². The summed E-state index contributed by atoms with van der Waals surface area (Å²) < 4.78 is 0. The summed E-state index contributed by atoms with van der Waals surface area (Å²) in [5, 5.41) is 2.71. The predicted molar refractivity (Wildman–Crippen MR) is 99.8 cm³/mol. The number of carbonyl (C=O) groups excluding carboxylic acids is 2. The van der Waals surface area contributed by atoms with Crippen LogP contribution in [0, 0.1) is 0 Å². The van der Waals surface area contributed by atoms with Gasteiger partial charge in [-0.2, -0.15) is 0 Å². The Hall–Kier alpha value is -2.82. The van der Waals surface area contributed by atoms with E-state index in [4.69, 9.17) is 0 Å². The lowest BCUT2D eigenvalue weighted by atomic mass is 9.90. The quantitative estimate of drug-likeness (QED) is 0.908. The molecule has 2 aromatic rings. The molecule has 0 spiro atoms. The van der Waals surface area contributed by atoms with Crippen molar-refractivity contribution in [2.75, 3.05) is 16.8 Å². The van der Waals surface area contributed by atoms with E-state index >= 15 is 0 Å². The van der Waals surface area contributed by atoms with Gasteiger partial charge in [0.1, 0.15) is 0 Å². The molecule has 2 unspecified atom stereocenters. The Kier molecular flexibility index (Phi) is 4.74. The number of carbonyl (C=O) groups is 2. The van der Waals surface area contributed by atoms with Crippen LogP contribution in [-0.2, 0) is 4.79 Å². The fourth-order valence-electron chi connectivity index (χ4n) is 3.63. The fraction of sp³-hybridized carbons (Fsp3) is 0.300. The number of nitrogens with zero attached hydrogens (tertiary/aromatic N) is 2. The topological polar surface area (TPSA) is 52.7 Å². The van der Waals surface area contributed by atoms with Gasteiger partial charge in [-0.25, -0.2) is 4.79 Å². The molecular weight excluding hydrogens is 314 g/mol. The molecule has 5 heteroatoms. The highest BCUT2D eigenvalue weighted by Crippen LogP contribution is 2.42. The average molecular weight is 337 g/mol. The van der Waals surface area contributed by atoms with Crippen LogP contribution in [0.2, 0.25) is 0 Å². The molecule has 2 aromatic carbocycles. The molecule has 0 saturated carbocycles. The van der Waals surface area contributed by atoms with Crippen LogP contribution >= 0.6 is 0 Å². The largest absolute Gasteiger partial charge is 0.341 e. The Morgan fingerprint density at radius 1 is 1.08 bits per heavy atom. The van der Waals surface area contributed by atoms with Crippen LogP contribution < -0.4 is 15.1 Å². The maximum absolute atomic E-state index is 12.5. The third-order valence-corrected chi connectivity index (χ3v) is 4.68. The van der Waals surface area contributed by atoms with E-state index in [1.807, 2.05) is 66.4 Å². The SMILES string of the molecule is CNC(=O)N1c2ccccc2C(N(C(C)=O)c2ccccc2)CC1C. The zero-order valence-electron chi connectivity index (χ0n) is 14.8. The summed E-state index contributed by atoms with van der Waals surface area (Å²) in [6.45, 7) is 3.60. The molecule has 1 aliphatic heterocycles.